The predicted molar refractivity (Wildman–Crippen MR) is 120 cm³/mol. The van der Waals surface area contributed by atoms with E-state index >= 15 is 0 Å². The van der Waals surface area contributed by atoms with E-state index in [1.165, 1.54) is 0 Å². The van der Waals surface area contributed by atoms with Gasteiger partial charge in [-0.25, -0.2) is 14.6 Å². The van der Waals surface area contributed by atoms with Crippen LogP contribution in [0.4, 0.5) is 37.0 Å². The first-order chi connectivity index (χ1) is 17.1. The number of aryl methyl sites for hydroxylation is 2. The maximum absolute atomic E-state index is 12.9. The van der Waals surface area contributed by atoms with Gasteiger partial charge in [-0.3, -0.25) is 5.32 Å². The highest BCUT2D eigenvalue weighted by Crippen LogP contribution is 2.35. The minimum Gasteiger partial charge on any atom is -0.489 e. The van der Waals surface area contributed by atoms with Crippen LogP contribution in [0.1, 0.15) is 16.8 Å². The molecular formula is C22H22ClF6N3O5. The summed E-state index contributed by atoms with van der Waals surface area (Å²) < 4.78 is 81.4. The van der Waals surface area contributed by atoms with Crippen LogP contribution in [0.5, 0.6) is 5.75 Å². The van der Waals surface area contributed by atoms with E-state index in [0.29, 0.717) is 12.4 Å². The lowest BCUT2D eigenvalue weighted by atomic mass is 10.2. The van der Waals surface area contributed by atoms with Crippen molar-refractivity contribution in [1.82, 2.24) is 9.88 Å². The van der Waals surface area contributed by atoms with E-state index in [9.17, 15) is 31.1 Å². The molecule has 2 aromatic rings. The van der Waals surface area contributed by atoms with Gasteiger partial charge in [0.05, 0.1) is 23.7 Å². The molecule has 0 aliphatic carbocycles. The number of halogens is 7. The number of nitrogens with zero attached hydrogens (tertiary/aromatic N) is 2. The fraction of sp³-hybridized carbons (Fsp3) is 0.409. The largest absolute Gasteiger partial charge is 0.490 e. The van der Waals surface area contributed by atoms with Crippen molar-refractivity contribution in [3.05, 3.63) is 52.2 Å². The van der Waals surface area contributed by atoms with Crippen LogP contribution >= 0.6 is 11.6 Å². The number of hydrogen-bond acceptors (Lipinski definition) is 5. The fourth-order valence-electron chi connectivity index (χ4n) is 3.07. The zero-order valence-corrected chi connectivity index (χ0v) is 20.2. The zero-order valence-electron chi connectivity index (χ0n) is 19.4. The maximum Gasteiger partial charge on any atom is 0.490 e. The molecule has 15 heteroatoms. The molecule has 1 fully saturated rings. The van der Waals surface area contributed by atoms with E-state index in [-0.39, 0.29) is 36.6 Å². The van der Waals surface area contributed by atoms with Gasteiger partial charge in [0.25, 0.3) is 0 Å². The molecule has 37 heavy (non-hydrogen) atoms. The predicted octanol–water partition coefficient (Wildman–Crippen LogP) is 5.32. The van der Waals surface area contributed by atoms with Crippen LogP contribution in [-0.2, 0) is 15.7 Å². The van der Waals surface area contributed by atoms with Crippen molar-refractivity contribution in [2.24, 2.45) is 0 Å². The van der Waals surface area contributed by atoms with Gasteiger partial charge in [-0.15, -0.1) is 0 Å². The summed E-state index contributed by atoms with van der Waals surface area (Å²) in [6.45, 7) is 4.56. The first-order valence-electron chi connectivity index (χ1n) is 10.5. The molecule has 1 aromatic heterocycles. The van der Waals surface area contributed by atoms with Crippen LogP contribution in [0.15, 0.2) is 30.3 Å². The number of nitrogens with one attached hydrogen (secondary N) is 1. The third-order valence-electron chi connectivity index (χ3n) is 4.68. The fourth-order valence-corrected chi connectivity index (χ4v) is 3.24. The number of benzene rings is 1. The molecule has 204 valence electrons. The minimum absolute atomic E-state index is 0.0490. The number of carbonyl (C=O) groups excluding carboxylic acids is 1. The highest BCUT2D eigenvalue weighted by molar-refractivity contribution is 6.32. The lowest BCUT2D eigenvalue weighted by Gasteiger charge is -2.32. The second-order valence-corrected chi connectivity index (χ2v) is 8.20. The number of anilines is 1. The van der Waals surface area contributed by atoms with Crippen LogP contribution < -0.4 is 10.1 Å². The second-order valence-electron chi connectivity index (χ2n) is 7.80. The number of pyridine rings is 1. The Balaban J connectivity index is 0.000000604. The Bertz CT molecular complexity index is 1090. The van der Waals surface area contributed by atoms with Gasteiger partial charge in [-0.2, -0.15) is 26.3 Å². The lowest BCUT2D eigenvalue weighted by molar-refractivity contribution is -0.192. The molecule has 0 saturated carbocycles. The molecule has 3 rings (SSSR count). The third-order valence-corrected chi connectivity index (χ3v) is 5.00. The first kappa shape index (κ1) is 30.0. The number of amides is 2. The number of morpholine rings is 1. The van der Waals surface area contributed by atoms with Gasteiger partial charge in [-0.05, 0) is 49.7 Å². The van der Waals surface area contributed by atoms with Crippen molar-refractivity contribution in [1.29, 1.82) is 0 Å². The van der Waals surface area contributed by atoms with Gasteiger partial charge >= 0.3 is 24.4 Å². The molecule has 0 bridgehead atoms. The number of aliphatic carboxylic acids is 1. The molecule has 2 N–H and O–H groups in total. The van der Waals surface area contributed by atoms with E-state index in [2.05, 4.69) is 10.3 Å². The number of urea groups is 1. The van der Waals surface area contributed by atoms with Crippen LogP contribution in [-0.4, -0.2) is 65.6 Å². The Labute approximate surface area is 212 Å². The summed E-state index contributed by atoms with van der Waals surface area (Å²) >= 11 is 5.94. The molecule has 1 aromatic carbocycles. The van der Waals surface area contributed by atoms with Gasteiger partial charge in [0.2, 0.25) is 0 Å². The number of carboxylic acids is 1. The van der Waals surface area contributed by atoms with E-state index in [1.807, 2.05) is 19.9 Å². The molecule has 1 saturated heterocycles. The van der Waals surface area contributed by atoms with Crippen LogP contribution in [0, 0.1) is 13.8 Å². The van der Waals surface area contributed by atoms with Crippen molar-refractivity contribution in [3.63, 3.8) is 0 Å². The van der Waals surface area contributed by atoms with Gasteiger partial charge < -0.3 is 19.5 Å². The summed E-state index contributed by atoms with van der Waals surface area (Å²) in [6.07, 6.45) is -10.1. The number of rotatable bonds is 4. The standard InChI is InChI=1S/C20H21ClF3N3O3.C2HF3O2/c1-12-7-13(2)25-18(8-12)26-19(28)27-5-6-29-15(10-27)11-30-17-9-14(20(22,23)24)3-4-16(17)21;3-2(4,5)1(6)7/h3-4,7-9,15H,5-6,10-11H2,1-2H3,(H,25,26,28);(H,6,7). The van der Waals surface area contributed by atoms with Crippen LogP contribution in [0.2, 0.25) is 5.02 Å². The molecule has 0 spiro atoms. The summed E-state index contributed by atoms with van der Waals surface area (Å²) in [5.74, 6) is -2.39. The topological polar surface area (TPSA) is 101 Å². The van der Waals surface area contributed by atoms with Crippen molar-refractivity contribution in [3.8, 4) is 5.75 Å². The minimum atomic E-state index is -5.08. The number of ether oxygens (including phenoxy) is 2. The van der Waals surface area contributed by atoms with Gasteiger partial charge in [0.15, 0.2) is 0 Å². The smallest absolute Gasteiger partial charge is 0.489 e. The van der Waals surface area contributed by atoms with Crippen LogP contribution in [0.3, 0.4) is 0 Å². The summed E-state index contributed by atoms with van der Waals surface area (Å²) in [7, 11) is 0. The van der Waals surface area contributed by atoms with E-state index in [1.54, 1.807) is 11.0 Å². The zero-order chi connectivity index (χ0) is 28.0. The summed E-state index contributed by atoms with van der Waals surface area (Å²) in [5.41, 5.74) is 0.911. The lowest BCUT2D eigenvalue weighted by Crippen LogP contribution is -2.49. The molecule has 1 unspecified atom stereocenters. The third kappa shape index (κ3) is 9.61. The normalized spacial score (nSPS) is 15.9. The van der Waals surface area contributed by atoms with Crippen molar-refractivity contribution < 1.29 is 50.5 Å². The Kier molecular flexibility index (Phi) is 9.98. The average Bonchev–Trinajstić information content (AvgIpc) is 2.77. The van der Waals surface area contributed by atoms with E-state index < -0.39 is 30.0 Å². The van der Waals surface area contributed by atoms with Gasteiger partial charge in [0.1, 0.15) is 24.3 Å². The number of carbonyl (C=O) groups is 2. The van der Waals surface area contributed by atoms with Crippen molar-refractivity contribution >= 4 is 29.4 Å². The molecule has 2 amide bonds. The number of alkyl halides is 6. The average molecular weight is 558 g/mol. The molecule has 8 nitrogen and oxygen atoms in total. The van der Waals surface area contributed by atoms with Crippen LogP contribution in [0.25, 0.3) is 0 Å². The Morgan fingerprint density at radius 2 is 1.84 bits per heavy atom. The SMILES string of the molecule is Cc1cc(C)nc(NC(=O)N2CCOC(COc3cc(C(F)(F)F)ccc3Cl)C2)c1.O=C(O)C(F)(F)F. The molecular weight excluding hydrogens is 536 g/mol. The quantitative estimate of drug-likeness (QED) is 0.494. The molecule has 0 radical (unpaired) electrons. The summed E-state index contributed by atoms with van der Waals surface area (Å²) in [6, 6.07) is 6.20. The van der Waals surface area contributed by atoms with Crippen molar-refractivity contribution in [2.75, 3.05) is 31.6 Å². The molecule has 1 aliphatic rings. The molecule has 1 aliphatic heterocycles. The van der Waals surface area contributed by atoms with Gasteiger partial charge in [-0.1, -0.05) is 11.6 Å². The first-order valence-corrected chi connectivity index (χ1v) is 10.9. The number of aromatic nitrogens is 1. The number of carboxylic acid groups (broad SMARTS) is 1. The molecule has 1 atom stereocenters. The highest BCUT2D eigenvalue weighted by atomic mass is 35.5. The summed E-state index contributed by atoms with van der Waals surface area (Å²) in [5, 5.41) is 9.94. The number of hydrogen-bond donors (Lipinski definition) is 2. The maximum atomic E-state index is 12.9. The summed E-state index contributed by atoms with van der Waals surface area (Å²) in [4.78, 5) is 27.3. The van der Waals surface area contributed by atoms with E-state index in [0.717, 1.165) is 29.5 Å². The highest BCUT2D eigenvalue weighted by Gasteiger charge is 2.38. The van der Waals surface area contributed by atoms with Gasteiger partial charge in [0, 0.05) is 12.2 Å². The Morgan fingerprint density at radius 1 is 1.19 bits per heavy atom. The monoisotopic (exact) mass is 557 g/mol. The Hall–Kier alpha value is -3.26. The van der Waals surface area contributed by atoms with E-state index in [4.69, 9.17) is 31.0 Å². The molecule has 2 heterocycles. The second kappa shape index (κ2) is 12.3. The van der Waals surface area contributed by atoms with Crippen molar-refractivity contribution in [2.45, 2.75) is 32.3 Å². The Morgan fingerprint density at radius 3 is 2.41 bits per heavy atom.